The first-order chi connectivity index (χ1) is 11.6. The minimum atomic E-state index is -0.513. The Hall–Kier alpha value is -2.69. The van der Waals surface area contributed by atoms with Crippen LogP contribution in [0, 0.1) is 5.82 Å². The molecule has 1 amide bonds. The van der Waals surface area contributed by atoms with E-state index in [1.165, 1.54) is 29.8 Å². The minimum Gasteiger partial charge on any atom is -0.455 e. The molecule has 2 rings (SSSR count). The van der Waals surface area contributed by atoms with Crippen LogP contribution in [0.3, 0.4) is 0 Å². The third kappa shape index (κ3) is 6.60. The summed E-state index contributed by atoms with van der Waals surface area (Å²) in [6.45, 7) is 0.231. The molecule has 0 saturated heterocycles. The average Bonchev–Trinajstić information content (AvgIpc) is 2.60. The van der Waals surface area contributed by atoms with Gasteiger partial charge in [-0.15, -0.1) is 0 Å². The number of benzene rings is 2. The van der Waals surface area contributed by atoms with E-state index >= 15 is 0 Å². The molecule has 0 aliphatic carbocycles. The van der Waals surface area contributed by atoms with Gasteiger partial charge in [0.25, 0.3) is 5.91 Å². The lowest BCUT2D eigenvalue weighted by atomic mass is 10.1. The molecule has 24 heavy (non-hydrogen) atoms. The van der Waals surface area contributed by atoms with Gasteiger partial charge in [-0.1, -0.05) is 42.5 Å². The van der Waals surface area contributed by atoms with Gasteiger partial charge < -0.3 is 10.1 Å². The van der Waals surface area contributed by atoms with Crippen LogP contribution in [0.25, 0.3) is 0 Å². The number of halogens is 1. The summed E-state index contributed by atoms with van der Waals surface area (Å²) in [6, 6.07) is 15.6. The highest BCUT2D eigenvalue weighted by Crippen LogP contribution is 2.04. The van der Waals surface area contributed by atoms with E-state index in [1.807, 2.05) is 30.3 Å². The molecule has 0 aromatic heterocycles. The van der Waals surface area contributed by atoms with E-state index in [-0.39, 0.29) is 24.8 Å². The van der Waals surface area contributed by atoms with Crippen LogP contribution in [0.1, 0.15) is 17.5 Å². The molecule has 2 aromatic rings. The zero-order valence-corrected chi connectivity index (χ0v) is 13.3. The van der Waals surface area contributed by atoms with Gasteiger partial charge in [0.1, 0.15) is 5.82 Å². The van der Waals surface area contributed by atoms with Gasteiger partial charge in [0, 0.05) is 6.54 Å². The van der Waals surface area contributed by atoms with Crippen LogP contribution in [0.4, 0.5) is 4.39 Å². The largest absolute Gasteiger partial charge is 0.455 e. The molecule has 0 bridgehead atoms. The van der Waals surface area contributed by atoms with Crippen LogP contribution in [-0.4, -0.2) is 25.0 Å². The van der Waals surface area contributed by atoms with Crippen LogP contribution in [-0.2, 0) is 27.2 Å². The highest BCUT2D eigenvalue weighted by molar-refractivity contribution is 5.81. The molecule has 0 aliphatic rings. The smallest absolute Gasteiger partial charge is 0.310 e. The Morgan fingerprint density at radius 1 is 0.958 bits per heavy atom. The van der Waals surface area contributed by atoms with E-state index in [4.69, 9.17) is 4.74 Å². The first-order valence-electron chi connectivity index (χ1n) is 7.84. The van der Waals surface area contributed by atoms with Crippen LogP contribution >= 0.6 is 0 Å². The summed E-state index contributed by atoms with van der Waals surface area (Å²) in [5, 5.41) is 2.71. The lowest BCUT2D eigenvalue weighted by Crippen LogP contribution is -2.30. The molecule has 0 unspecified atom stereocenters. The highest BCUT2D eigenvalue weighted by Gasteiger charge is 2.08. The summed E-state index contributed by atoms with van der Waals surface area (Å²) in [5.74, 6) is -1.20. The lowest BCUT2D eigenvalue weighted by Gasteiger charge is -2.07. The Morgan fingerprint density at radius 3 is 2.38 bits per heavy atom. The van der Waals surface area contributed by atoms with Crippen molar-refractivity contribution in [2.24, 2.45) is 0 Å². The Morgan fingerprint density at radius 2 is 1.67 bits per heavy atom. The molecule has 0 aliphatic heterocycles. The first-order valence-corrected chi connectivity index (χ1v) is 7.84. The van der Waals surface area contributed by atoms with Gasteiger partial charge in [0.2, 0.25) is 0 Å². The minimum absolute atomic E-state index is 0.0154. The molecule has 1 N–H and O–H groups in total. The Kier molecular flexibility index (Phi) is 6.95. The normalized spacial score (nSPS) is 10.2. The monoisotopic (exact) mass is 329 g/mol. The Bertz CT molecular complexity index is 656. The van der Waals surface area contributed by atoms with Crippen molar-refractivity contribution in [2.75, 3.05) is 13.2 Å². The molecule has 4 nitrogen and oxygen atoms in total. The van der Waals surface area contributed by atoms with Gasteiger partial charge in [0.15, 0.2) is 6.61 Å². The second-order valence-electron chi connectivity index (χ2n) is 5.40. The van der Waals surface area contributed by atoms with Crippen molar-refractivity contribution in [3.05, 3.63) is 71.5 Å². The fourth-order valence-corrected chi connectivity index (χ4v) is 2.18. The molecule has 0 heterocycles. The molecule has 0 saturated carbocycles. The maximum absolute atomic E-state index is 12.8. The Balaban J connectivity index is 1.58. The lowest BCUT2D eigenvalue weighted by molar-refractivity contribution is -0.147. The SMILES string of the molecule is O=C(COC(=O)Cc1ccc(F)cc1)NCCCc1ccccc1. The van der Waals surface area contributed by atoms with E-state index < -0.39 is 5.97 Å². The van der Waals surface area contributed by atoms with Crippen molar-refractivity contribution in [1.82, 2.24) is 5.32 Å². The number of hydrogen-bond acceptors (Lipinski definition) is 3. The van der Waals surface area contributed by atoms with E-state index in [1.54, 1.807) is 0 Å². The number of rotatable bonds is 8. The van der Waals surface area contributed by atoms with Crippen molar-refractivity contribution < 1.29 is 18.7 Å². The van der Waals surface area contributed by atoms with Crippen LogP contribution in [0.2, 0.25) is 0 Å². The Labute approximate surface area is 140 Å². The molecular weight excluding hydrogens is 309 g/mol. The van der Waals surface area contributed by atoms with Crippen LogP contribution < -0.4 is 5.32 Å². The van der Waals surface area contributed by atoms with E-state index in [2.05, 4.69) is 5.32 Å². The number of ether oxygens (including phenoxy) is 1. The molecule has 0 fully saturated rings. The second kappa shape index (κ2) is 9.45. The number of amides is 1. The average molecular weight is 329 g/mol. The topological polar surface area (TPSA) is 55.4 Å². The fraction of sp³-hybridized carbons (Fsp3) is 0.263. The number of carbonyl (C=O) groups excluding carboxylic acids is 2. The molecule has 0 spiro atoms. The van der Waals surface area contributed by atoms with Gasteiger partial charge >= 0.3 is 5.97 Å². The number of nitrogens with one attached hydrogen (secondary N) is 1. The number of carbonyl (C=O) groups is 2. The molecule has 5 heteroatoms. The fourth-order valence-electron chi connectivity index (χ4n) is 2.18. The maximum atomic E-state index is 12.8. The summed E-state index contributed by atoms with van der Waals surface area (Å²) >= 11 is 0. The maximum Gasteiger partial charge on any atom is 0.310 e. The van der Waals surface area contributed by atoms with Gasteiger partial charge in [-0.25, -0.2) is 4.39 Å². The number of hydrogen-bond donors (Lipinski definition) is 1. The van der Waals surface area contributed by atoms with Crippen molar-refractivity contribution in [3.63, 3.8) is 0 Å². The van der Waals surface area contributed by atoms with E-state index in [9.17, 15) is 14.0 Å². The van der Waals surface area contributed by atoms with Gasteiger partial charge in [-0.05, 0) is 36.1 Å². The van der Waals surface area contributed by atoms with Gasteiger partial charge in [-0.3, -0.25) is 9.59 Å². The van der Waals surface area contributed by atoms with Crippen molar-refractivity contribution in [1.29, 1.82) is 0 Å². The van der Waals surface area contributed by atoms with Crippen LogP contribution in [0.15, 0.2) is 54.6 Å². The van der Waals surface area contributed by atoms with Gasteiger partial charge in [0.05, 0.1) is 6.42 Å². The summed E-state index contributed by atoms with van der Waals surface area (Å²) in [4.78, 5) is 23.2. The molecule has 126 valence electrons. The first kappa shape index (κ1) is 17.7. The predicted molar refractivity (Wildman–Crippen MR) is 88.8 cm³/mol. The molecular formula is C19H20FNO3. The zero-order valence-electron chi connectivity index (χ0n) is 13.3. The molecule has 0 atom stereocenters. The van der Waals surface area contributed by atoms with Gasteiger partial charge in [-0.2, -0.15) is 0 Å². The number of esters is 1. The summed E-state index contributed by atoms with van der Waals surface area (Å²) < 4.78 is 17.7. The quantitative estimate of drug-likeness (QED) is 0.598. The third-order valence-electron chi connectivity index (χ3n) is 3.43. The zero-order chi connectivity index (χ0) is 17.2. The van der Waals surface area contributed by atoms with Crippen molar-refractivity contribution in [2.45, 2.75) is 19.3 Å². The highest BCUT2D eigenvalue weighted by atomic mass is 19.1. The van der Waals surface area contributed by atoms with E-state index in [0.29, 0.717) is 12.1 Å². The predicted octanol–water partition coefficient (Wildman–Crippen LogP) is 2.66. The summed E-state index contributed by atoms with van der Waals surface area (Å²) in [7, 11) is 0. The third-order valence-corrected chi connectivity index (χ3v) is 3.43. The van der Waals surface area contributed by atoms with Crippen molar-refractivity contribution in [3.8, 4) is 0 Å². The second-order valence-corrected chi connectivity index (χ2v) is 5.40. The number of aryl methyl sites for hydroxylation is 1. The summed E-state index contributed by atoms with van der Waals surface area (Å²) in [5.41, 5.74) is 1.86. The molecule has 2 aromatic carbocycles. The summed E-state index contributed by atoms with van der Waals surface area (Å²) in [6.07, 6.45) is 1.71. The molecule has 0 radical (unpaired) electrons. The van der Waals surface area contributed by atoms with Crippen molar-refractivity contribution >= 4 is 11.9 Å². The standard InChI is InChI=1S/C19H20FNO3/c20-17-10-8-16(9-11-17)13-19(23)24-14-18(22)21-12-4-7-15-5-2-1-3-6-15/h1-3,5-6,8-11H,4,7,12-14H2,(H,21,22). The van der Waals surface area contributed by atoms with E-state index in [0.717, 1.165) is 12.8 Å². The van der Waals surface area contributed by atoms with Crippen LogP contribution in [0.5, 0.6) is 0 Å².